The summed E-state index contributed by atoms with van der Waals surface area (Å²) in [5, 5.41) is 0. The van der Waals surface area contributed by atoms with E-state index in [0.29, 0.717) is 18.5 Å². The molecule has 0 aliphatic carbocycles. The molecule has 4 nitrogen and oxygen atoms in total. The molecule has 1 heterocycles. The van der Waals surface area contributed by atoms with E-state index >= 15 is 0 Å². The molecule has 2 N–H and O–H groups in total. The van der Waals surface area contributed by atoms with Crippen molar-refractivity contribution in [1.82, 2.24) is 9.88 Å². The van der Waals surface area contributed by atoms with Crippen molar-refractivity contribution in [1.29, 1.82) is 0 Å². The maximum atomic E-state index is 13.6. The van der Waals surface area contributed by atoms with Gasteiger partial charge in [-0.25, -0.2) is 4.39 Å². The number of carbonyl (C=O) groups is 1. The van der Waals surface area contributed by atoms with Crippen molar-refractivity contribution >= 4 is 5.91 Å². The third kappa shape index (κ3) is 4.63. The van der Waals surface area contributed by atoms with E-state index in [0.717, 1.165) is 5.56 Å². The molecule has 22 heavy (non-hydrogen) atoms. The summed E-state index contributed by atoms with van der Waals surface area (Å²) in [7, 11) is 1.73. The Morgan fingerprint density at radius 2 is 2.09 bits per heavy atom. The van der Waals surface area contributed by atoms with Crippen molar-refractivity contribution in [3.8, 4) is 0 Å². The van der Waals surface area contributed by atoms with Crippen LogP contribution in [0.25, 0.3) is 0 Å². The molecule has 0 radical (unpaired) electrons. The minimum atomic E-state index is -0.402. The number of benzene rings is 1. The van der Waals surface area contributed by atoms with Crippen LogP contribution in [0.2, 0.25) is 0 Å². The lowest BCUT2D eigenvalue weighted by Crippen LogP contribution is -2.34. The average molecular weight is 301 g/mol. The molecule has 2 aromatic rings. The van der Waals surface area contributed by atoms with E-state index in [2.05, 4.69) is 4.98 Å². The van der Waals surface area contributed by atoms with Gasteiger partial charge in [-0.2, -0.15) is 0 Å². The second kappa shape index (κ2) is 7.66. The Morgan fingerprint density at radius 1 is 1.32 bits per heavy atom. The second-order valence-electron chi connectivity index (χ2n) is 5.37. The molecule has 0 aliphatic heterocycles. The van der Waals surface area contributed by atoms with Gasteiger partial charge in [0, 0.05) is 38.4 Å². The Hall–Kier alpha value is -2.27. The van der Waals surface area contributed by atoms with Crippen LogP contribution in [-0.4, -0.2) is 28.9 Å². The van der Waals surface area contributed by atoms with Gasteiger partial charge in [-0.05, 0) is 29.7 Å². The van der Waals surface area contributed by atoms with Crippen LogP contribution in [0.4, 0.5) is 4.39 Å². The number of hydrogen-bond donors (Lipinski definition) is 1. The van der Waals surface area contributed by atoms with Crippen LogP contribution in [0.5, 0.6) is 0 Å². The molecular formula is C17H20FN3O. The summed E-state index contributed by atoms with van der Waals surface area (Å²) in [6, 6.07) is 9.84. The number of rotatable bonds is 6. The summed E-state index contributed by atoms with van der Waals surface area (Å²) >= 11 is 0. The van der Waals surface area contributed by atoms with E-state index in [-0.39, 0.29) is 18.1 Å². The quantitative estimate of drug-likeness (QED) is 0.889. The smallest absolute Gasteiger partial charge is 0.224 e. The summed E-state index contributed by atoms with van der Waals surface area (Å²) in [6.45, 7) is 0.485. The minimum Gasteiger partial charge on any atom is -0.341 e. The van der Waals surface area contributed by atoms with E-state index in [1.54, 1.807) is 42.5 Å². The highest BCUT2D eigenvalue weighted by atomic mass is 19.1. The number of halogens is 1. The van der Waals surface area contributed by atoms with Crippen LogP contribution in [0.3, 0.4) is 0 Å². The van der Waals surface area contributed by atoms with Gasteiger partial charge in [-0.15, -0.1) is 0 Å². The monoisotopic (exact) mass is 301 g/mol. The Kier molecular flexibility index (Phi) is 5.61. The van der Waals surface area contributed by atoms with Crippen molar-refractivity contribution in [2.75, 3.05) is 7.05 Å². The molecule has 1 aromatic carbocycles. The van der Waals surface area contributed by atoms with Gasteiger partial charge in [-0.1, -0.05) is 24.3 Å². The van der Waals surface area contributed by atoms with E-state index in [9.17, 15) is 9.18 Å². The molecule has 1 amide bonds. The molecule has 0 spiro atoms. The molecule has 2 rings (SSSR count). The van der Waals surface area contributed by atoms with E-state index in [4.69, 9.17) is 5.73 Å². The largest absolute Gasteiger partial charge is 0.341 e. The molecule has 0 fully saturated rings. The molecule has 0 saturated carbocycles. The lowest BCUT2D eigenvalue weighted by Gasteiger charge is -2.19. The summed E-state index contributed by atoms with van der Waals surface area (Å²) in [4.78, 5) is 17.8. The van der Waals surface area contributed by atoms with Gasteiger partial charge in [0.25, 0.3) is 0 Å². The van der Waals surface area contributed by atoms with Crippen molar-refractivity contribution in [2.24, 2.45) is 5.73 Å². The molecule has 0 bridgehead atoms. The number of aromatic nitrogens is 1. The second-order valence-corrected chi connectivity index (χ2v) is 5.37. The molecule has 1 atom stereocenters. The lowest BCUT2D eigenvalue weighted by atomic mass is 10.0. The van der Waals surface area contributed by atoms with Gasteiger partial charge in [0.2, 0.25) is 5.91 Å². The number of pyridine rings is 1. The Bertz CT molecular complexity index is 618. The first-order valence-electron chi connectivity index (χ1n) is 7.18. The lowest BCUT2D eigenvalue weighted by molar-refractivity contribution is -0.130. The van der Waals surface area contributed by atoms with Crippen molar-refractivity contribution in [2.45, 2.75) is 25.4 Å². The summed E-state index contributed by atoms with van der Waals surface area (Å²) in [5.74, 6) is -0.346. The maximum Gasteiger partial charge on any atom is 0.224 e. The Balaban J connectivity index is 1.87. The van der Waals surface area contributed by atoms with Gasteiger partial charge in [0.1, 0.15) is 5.82 Å². The number of carbonyl (C=O) groups excluding carboxylic acids is 1. The molecule has 0 aliphatic rings. The minimum absolute atomic E-state index is 0.0623. The zero-order chi connectivity index (χ0) is 15.9. The number of hydrogen-bond acceptors (Lipinski definition) is 3. The summed E-state index contributed by atoms with van der Waals surface area (Å²) < 4.78 is 13.6. The predicted octanol–water partition coefficient (Wildman–Crippen LogP) is 2.14. The van der Waals surface area contributed by atoms with Crippen molar-refractivity contribution < 1.29 is 9.18 Å². The zero-order valence-electron chi connectivity index (χ0n) is 12.6. The Morgan fingerprint density at radius 3 is 2.77 bits per heavy atom. The summed E-state index contributed by atoms with van der Waals surface area (Å²) in [6.07, 6.45) is 3.95. The van der Waals surface area contributed by atoms with Gasteiger partial charge < -0.3 is 10.6 Å². The number of amides is 1. The predicted molar refractivity (Wildman–Crippen MR) is 83.4 cm³/mol. The molecule has 0 unspecified atom stereocenters. The standard InChI is InChI=1S/C17H20FN3O/c1-21(12-13-5-4-8-20-11-13)17(22)10-15(19)9-14-6-2-3-7-16(14)18/h2-8,11,15H,9-10,12,19H2,1H3/t15-/m1/s1. The van der Waals surface area contributed by atoms with E-state index in [1.165, 1.54) is 6.07 Å². The third-order valence-electron chi connectivity index (χ3n) is 3.45. The van der Waals surface area contributed by atoms with Gasteiger partial charge in [-0.3, -0.25) is 9.78 Å². The van der Waals surface area contributed by atoms with Crippen LogP contribution >= 0.6 is 0 Å². The fraction of sp³-hybridized carbons (Fsp3) is 0.294. The third-order valence-corrected chi connectivity index (χ3v) is 3.45. The van der Waals surface area contributed by atoms with Crippen molar-refractivity contribution in [3.63, 3.8) is 0 Å². The molecule has 1 aromatic heterocycles. The van der Waals surface area contributed by atoms with Crippen molar-refractivity contribution in [3.05, 3.63) is 65.7 Å². The maximum absolute atomic E-state index is 13.6. The number of nitrogens with two attached hydrogens (primary N) is 1. The van der Waals surface area contributed by atoms with Crippen LogP contribution in [0.15, 0.2) is 48.8 Å². The number of nitrogens with zero attached hydrogens (tertiary/aromatic N) is 2. The fourth-order valence-corrected chi connectivity index (χ4v) is 2.25. The highest BCUT2D eigenvalue weighted by Crippen LogP contribution is 2.11. The highest BCUT2D eigenvalue weighted by Gasteiger charge is 2.15. The van der Waals surface area contributed by atoms with E-state index < -0.39 is 6.04 Å². The summed E-state index contributed by atoms with van der Waals surface area (Å²) in [5.41, 5.74) is 7.48. The topological polar surface area (TPSA) is 59.2 Å². The van der Waals surface area contributed by atoms with Crippen LogP contribution in [0, 0.1) is 5.82 Å². The van der Waals surface area contributed by atoms with Crippen LogP contribution < -0.4 is 5.73 Å². The first-order valence-corrected chi connectivity index (χ1v) is 7.18. The molecule has 5 heteroatoms. The van der Waals surface area contributed by atoms with Gasteiger partial charge in [0.15, 0.2) is 0 Å². The highest BCUT2D eigenvalue weighted by molar-refractivity contribution is 5.76. The molecule has 0 saturated heterocycles. The average Bonchev–Trinajstić information content (AvgIpc) is 2.50. The first-order chi connectivity index (χ1) is 10.6. The normalized spacial score (nSPS) is 12.0. The van der Waals surface area contributed by atoms with Crippen LogP contribution in [0.1, 0.15) is 17.5 Å². The van der Waals surface area contributed by atoms with Gasteiger partial charge >= 0.3 is 0 Å². The zero-order valence-corrected chi connectivity index (χ0v) is 12.6. The van der Waals surface area contributed by atoms with Gasteiger partial charge in [0.05, 0.1) is 0 Å². The Labute approximate surface area is 129 Å². The molecular weight excluding hydrogens is 281 g/mol. The fourth-order valence-electron chi connectivity index (χ4n) is 2.25. The first kappa shape index (κ1) is 16.1. The van der Waals surface area contributed by atoms with Crippen LogP contribution in [-0.2, 0) is 17.8 Å². The van der Waals surface area contributed by atoms with E-state index in [1.807, 2.05) is 12.1 Å². The SMILES string of the molecule is CN(Cc1cccnc1)C(=O)C[C@H](N)Cc1ccccc1F. The molecule has 116 valence electrons.